The summed E-state index contributed by atoms with van der Waals surface area (Å²) in [5.74, 6) is -0.0264. The normalized spacial score (nSPS) is 16.4. The smallest absolute Gasteiger partial charge is 0.240 e. The summed E-state index contributed by atoms with van der Waals surface area (Å²) in [6.07, 6.45) is 0.665. The van der Waals surface area contributed by atoms with Gasteiger partial charge in [-0.2, -0.15) is 0 Å². The number of fused-ring (bicyclic) bond motifs is 1. The molecule has 0 spiro atoms. The number of likely N-dealkylation sites (N-methyl/N-ethyl adjacent to an activating group) is 1. The molecule has 0 aromatic heterocycles. The Morgan fingerprint density at radius 3 is 2.61 bits per heavy atom. The van der Waals surface area contributed by atoms with Crippen molar-refractivity contribution in [1.29, 1.82) is 0 Å². The van der Waals surface area contributed by atoms with Crippen molar-refractivity contribution in [2.24, 2.45) is 0 Å². The van der Waals surface area contributed by atoms with Gasteiger partial charge in [0.15, 0.2) is 0 Å². The average molecular weight is 402 g/mol. The van der Waals surface area contributed by atoms with Gasteiger partial charge < -0.3 is 9.80 Å². The van der Waals surface area contributed by atoms with E-state index in [2.05, 4.69) is 21.8 Å². The molecule has 2 aromatic rings. The minimum atomic E-state index is -3.59. The van der Waals surface area contributed by atoms with Crippen LogP contribution >= 0.6 is 0 Å². The van der Waals surface area contributed by atoms with Crippen molar-refractivity contribution in [1.82, 2.24) is 9.62 Å². The van der Waals surface area contributed by atoms with Gasteiger partial charge in [-0.1, -0.05) is 30.3 Å². The number of carbonyl (C=O) groups excluding carboxylic acids is 1. The molecular formula is C21H27N3O3S. The van der Waals surface area contributed by atoms with Gasteiger partial charge in [-0.05, 0) is 49.7 Å². The molecule has 7 heteroatoms. The number of benzene rings is 2. The van der Waals surface area contributed by atoms with E-state index < -0.39 is 10.0 Å². The van der Waals surface area contributed by atoms with E-state index in [1.807, 2.05) is 32.2 Å². The van der Waals surface area contributed by atoms with Gasteiger partial charge in [-0.25, -0.2) is 13.1 Å². The zero-order chi connectivity index (χ0) is 20.3. The summed E-state index contributed by atoms with van der Waals surface area (Å²) in [5, 5.41) is 0. The van der Waals surface area contributed by atoms with Crippen LogP contribution in [-0.2, 0) is 27.8 Å². The molecule has 1 amide bonds. The number of hydrogen-bond donors (Lipinski definition) is 1. The molecule has 0 saturated heterocycles. The van der Waals surface area contributed by atoms with Gasteiger partial charge in [0.1, 0.15) is 0 Å². The lowest BCUT2D eigenvalue weighted by molar-refractivity contribution is -0.116. The largest absolute Gasteiger partial charge is 0.309 e. The Morgan fingerprint density at radius 2 is 1.93 bits per heavy atom. The number of nitrogens with zero attached hydrogens (tertiary/aromatic N) is 2. The zero-order valence-corrected chi connectivity index (χ0v) is 17.4. The summed E-state index contributed by atoms with van der Waals surface area (Å²) in [6, 6.07) is 15.1. The van der Waals surface area contributed by atoms with Crippen molar-refractivity contribution < 1.29 is 13.2 Å². The maximum atomic E-state index is 12.7. The highest BCUT2D eigenvalue weighted by atomic mass is 32.2. The lowest BCUT2D eigenvalue weighted by atomic mass is 10.1. The summed E-state index contributed by atoms with van der Waals surface area (Å²) in [5.41, 5.74) is 2.89. The van der Waals surface area contributed by atoms with Gasteiger partial charge in [0, 0.05) is 38.3 Å². The first-order valence-electron chi connectivity index (χ1n) is 9.43. The summed E-state index contributed by atoms with van der Waals surface area (Å²) in [4.78, 5) is 15.9. The van der Waals surface area contributed by atoms with E-state index in [1.54, 1.807) is 23.1 Å². The summed E-state index contributed by atoms with van der Waals surface area (Å²) >= 11 is 0. The lowest BCUT2D eigenvalue weighted by Gasteiger charge is -2.20. The van der Waals surface area contributed by atoms with Gasteiger partial charge in [-0.15, -0.1) is 0 Å². The maximum Gasteiger partial charge on any atom is 0.240 e. The number of rotatable bonds is 7. The summed E-state index contributed by atoms with van der Waals surface area (Å²) in [6.45, 7) is 5.20. The molecule has 0 aliphatic carbocycles. The Balaban J connectivity index is 1.61. The molecule has 1 atom stereocenters. The first kappa shape index (κ1) is 20.5. The molecular weight excluding hydrogens is 374 g/mol. The number of hydrogen-bond acceptors (Lipinski definition) is 4. The van der Waals surface area contributed by atoms with Crippen LogP contribution in [0.3, 0.4) is 0 Å². The predicted octanol–water partition coefficient (Wildman–Crippen LogP) is 2.39. The van der Waals surface area contributed by atoms with Gasteiger partial charge in [-0.3, -0.25) is 4.79 Å². The molecule has 0 saturated carbocycles. The van der Waals surface area contributed by atoms with E-state index in [4.69, 9.17) is 0 Å². The second-order valence-corrected chi connectivity index (χ2v) is 9.12. The van der Waals surface area contributed by atoms with E-state index in [1.165, 1.54) is 12.5 Å². The Kier molecular flexibility index (Phi) is 6.17. The molecule has 1 aliphatic heterocycles. The molecule has 1 heterocycles. The van der Waals surface area contributed by atoms with Crippen LogP contribution in [0.2, 0.25) is 0 Å². The SMILES string of the molecule is CC(=O)N1c2ccc(S(=O)(=O)NCCN(C)Cc3ccccc3)cc2CC1C. The Bertz CT molecular complexity index is 945. The zero-order valence-electron chi connectivity index (χ0n) is 16.6. The van der Waals surface area contributed by atoms with E-state index >= 15 is 0 Å². The van der Waals surface area contributed by atoms with Gasteiger partial charge in [0.05, 0.1) is 4.90 Å². The van der Waals surface area contributed by atoms with Crippen molar-refractivity contribution in [2.45, 2.75) is 37.8 Å². The Labute approximate surface area is 167 Å². The highest BCUT2D eigenvalue weighted by Gasteiger charge is 2.30. The minimum Gasteiger partial charge on any atom is -0.309 e. The second kappa shape index (κ2) is 8.43. The molecule has 150 valence electrons. The molecule has 0 radical (unpaired) electrons. The highest BCUT2D eigenvalue weighted by Crippen LogP contribution is 2.33. The molecule has 1 N–H and O–H groups in total. The molecule has 1 unspecified atom stereocenters. The fraction of sp³-hybridized carbons (Fsp3) is 0.381. The first-order valence-corrected chi connectivity index (χ1v) is 10.9. The van der Waals surface area contributed by atoms with Crippen LogP contribution in [0.5, 0.6) is 0 Å². The quantitative estimate of drug-likeness (QED) is 0.773. The second-order valence-electron chi connectivity index (χ2n) is 7.35. The van der Waals surface area contributed by atoms with Crippen LogP contribution in [0.15, 0.2) is 53.4 Å². The van der Waals surface area contributed by atoms with Crippen LogP contribution in [0.1, 0.15) is 25.0 Å². The molecule has 6 nitrogen and oxygen atoms in total. The number of nitrogens with one attached hydrogen (secondary N) is 1. The fourth-order valence-electron chi connectivity index (χ4n) is 3.68. The minimum absolute atomic E-state index is 0.0264. The Hall–Kier alpha value is -2.22. The molecule has 2 aromatic carbocycles. The predicted molar refractivity (Wildman–Crippen MR) is 111 cm³/mol. The van der Waals surface area contributed by atoms with Crippen molar-refractivity contribution >= 4 is 21.6 Å². The Morgan fingerprint density at radius 1 is 1.21 bits per heavy atom. The van der Waals surface area contributed by atoms with Crippen LogP contribution in [0.4, 0.5) is 5.69 Å². The van der Waals surface area contributed by atoms with Gasteiger partial charge in [0.25, 0.3) is 0 Å². The van der Waals surface area contributed by atoms with E-state index in [0.29, 0.717) is 19.5 Å². The first-order chi connectivity index (χ1) is 13.3. The molecule has 0 fully saturated rings. The third-order valence-electron chi connectivity index (χ3n) is 5.00. The number of amides is 1. The van der Waals surface area contributed by atoms with Crippen molar-refractivity contribution in [2.75, 3.05) is 25.0 Å². The lowest BCUT2D eigenvalue weighted by Crippen LogP contribution is -2.33. The van der Waals surface area contributed by atoms with Gasteiger partial charge in [0.2, 0.25) is 15.9 Å². The highest BCUT2D eigenvalue weighted by molar-refractivity contribution is 7.89. The van der Waals surface area contributed by atoms with Crippen LogP contribution < -0.4 is 9.62 Å². The fourth-order valence-corrected chi connectivity index (χ4v) is 4.75. The molecule has 3 rings (SSSR count). The van der Waals surface area contributed by atoms with E-state index in [-0.39, 0.29) is 16.8 Å². The standard InChI is InChI=1S/C21H27N3O3S/c1-16-13-19-14-20(9-10-21(19)24(16)17(2)25)28(26,27)22-11-12-23(3)15-18-7-5-4-6-8-18/h4-10,14,16,22H,11-13,15H2,1-3H3. The molecule has 0 bridgehead atoms. The molecule has 1 aliphatic rings. The summed E-state index contributed by atoms with van der Waals surface area (Å²) in [7, 11) is -1.62. The summed E-state index contributed by atoms with van der Waals surface area (Å²) < 4.78 is 28.0. The van der Waals surface area contributed by atoms with Crippen LogP contribution in [-0.4, -0.2) is 45.4 Å². The van der Waals surface area contributed by atoms with Crippen LogP contribution in [0, 0.1) is 0 Å². The van der Waals surface area contributed by atoms with E-state index in [9.17, 15) is 13.2 Å². The van der Waals surface area contributed by atoms with Crippen molar-refractivity contribution in [3.63, 3.8) is 0 Å². The molecule has 28 heavy (non-hydrogen) atoms. The number of carbonyl (C=O) groups is 1. The third-order valence-corrected chi connectivity index (χ3v) is 6.46. The van der Waals surface area contributed by atoms with E-state index in [0.717, 1.165) is 17.8 Å². The monoisotopic (exact) mass is 401 g/mol. The van der Waals surface area contributed by atoms with Crippen molar-refractivity contribution in [3.8, 4) is 0 Å². The van der Waals surface area contributed by atoms with Crippen molar-refractivity contribution in [3.05, 3.63) is 59.7 Å². The van der Waals surface area contributed by atoms with Crippen LogP contribution in [0.25, 0.3) is 0 Å². The average Bonchev–Trinajstić information content (AvgIpc) is 2.97. The maximum absolute atomic E-state index is 12.7. The number of anilines is 1. The number of sulfonamides is 1. The third kappa shape index (κ3) is 4.60. The topological polar surface area (TPSA) is 69.7 Å². The van der Waals surface area contributed by atoms with Gasteiger partial charge >= 0.3 is 0 Å².